The molecular formula is C17H24N6O. The van der Waals surface area contributed by atoms with Crippen LogP contribution < -0.4 is 10.6 Å². The van der Waals surface area contributed by atoms with Gasteiger partial charge < -0.3 is 15.5 Å². The molecule has 1 fully saturated rings. The number of amides is 2. The summed E-state index contributed by atoms with van der Waals surface area (Å²) >= 11 is 0. The Hall–Kier alpha value is -2.41. The van der Waals surface area contributed by atoms with E-state index in [0.29, 0.717) is 24.8 Å². The average molecular weight is 328 g/mol. The molecule has 1 aromatic carbocycles. The number of benzene rings is 1. The number of hydrogen-bond acceptors (Lipinski definition) is 4. The summed E-state index contributed by atoms with van der Waals surface area (Å²) in [6.45, 7) is 6.51. The molecule has 128 valence electrons. The molecule has 1 aliphatic heterocycles. The number of urea groups is 1. The summed E-state index contributed by atoms with van der Waals surface area (Å²) in [4.78, 5) is 14.4. The molecule has 1 unspecified atom stereocenters. The van der Waals surface area contributed by atoms with Gasteiger partial charge in [-0.25, -0.2) is 4.79 Å². The Labute approximate surface area is 142 Å². The monoisotopic (exact) mass is 328 g/mol. The van der Waals surface area contributed by atoms with Crippen molar-refractivity contribution < 1.29 is 4.79 Å². The molecule has 0 aliphatic carbocycles. The molecule has 0 radical (unpaired) electrons. The minimum absolute atomic E-state index is 0.160. The summed E-state index contributed by atoms with van der Waals surface area (Å²) in [5.41, 5.74) is 0.977. The second-order valence-corrected chi connectivity index (χ2v) is 6.06. The van der Waals surface area contributed by atoms with Crippen LogP contribution in [0.15, 0.2) is 36.7 Å². The molecule has 1 saturated heterocycles. The zero-order valence-electron chi connectivity index (χ0n) is 14.0. The highest BCUT2D eigenvalue weighted by atomic mass is 16.2. The fourth-order valence-corrected chi connectivity index (χ4v) is 3.01. The second kappa shape index (κ2) is 7.92. The summed E-state index contributed by atoms with van der Waals surface area (Å²) in [6.07, 6.45) is 2.80. The normalized spacial score (nSPS) is 17.8. The van der Waals surface area contributed by atoms with Crippen LogP contribution in [0.25, 0.3) is 5.69 Å². The molecule has 1 aliphatic rings. The van der Waals surface area contributed by atoms with Crippen molar-refractivity contribution in [2.75, 3.05) is 26.2 Å². The van der Waals surface area contributed by atoms with Crippen LogP contribution in [-0.2, 0) is 6.54 Å². The molecule has 0 saturated carbocycles. The molecule has 3 rings (SSSR count). The van der Waals surface area contributed by atoms with E-state index >= 15 is 0 Å². The van der Waals surface area contributed by atoms with E-state index in [1.165, 1.54) is 0 Å². The Morgan fingerprint density at radius 2 is 2.12 bits per heavy atom. The van der Waals surface area contributed by atoms with Gasteiger partial charge in [-0.2, -0.15) is 0 Å². The third kappa shape index (κ3) is 4.11. The number of nitrogens with one attached hydrogen (secondary N) is 2. The quantitative estimate of drug-likeness (QED) is 0.841. The van der Waals surface area contributed by atoms with Gasteiger partial charge in [0.1, 0.15) is 6.33 Å². The van der Waals surface area contributed by atoms with Crippen LogP contribution in [0.5, 0.6) is 0 Å². The molecule has 2 N–H and O–H groups in total. The fourth-order valence-electron chi connectivity index (χ4n) is 3.01. The zero-order valence-corrected chi connectivity index (χ0v) is 14.0. The van der Waals surface area contributed by atoms with Crippen LogP contribution >= 0.6 is 0 Å². The fraction of sp³-hybridized carbons (Fsp3) is 0.471. The van der Waals surface area contributed by atoms with Gasteiger partial charge in [-0.05, 0) is 37.6 Å². The molecule has 2 heterocycles. The van der Waals surface area contributed by atoms with Crippen LogP contribution in [0.2, 0.25) is 0 Å². The maximum Gasteiger partial charge on any atom is 0.315 e. The molecular weight excluding hydrogens is 304 g/mol. The largest absolute Gasteiger partial charge is 0.338 e. The van der Waals surface area contributed by atoms with Crippen molar-refractivity contribution in [3.63, 3.8) is 0 Å². The smallest absolute Gasteiger partial charge is 0.315 e. The van der Waals surface area contributed by atoms with E-state index in [2.05, 4.69) is 32.7 Å². The third-order valence-corrected chi connectivity index (χ3v) is 4.43. The van der Waals surface area contributed by atoms with Crippen molar-refractivity contribution in [2.45, 2.75) is 19.9 Å². The van der Waals surface area contributed by atoms with E-state index in [-0.39, 0.29) is 6.03 Å². The van der Waals surface area contributed by atoms with Crippen molar-refractivity contribution in [2.24, 2.45) is 5.92 Å². The lowest BCUT2D eigenvalue weighted by Gasteiger charge is -2.14. The summed E-state index contributed by atoms with van der Waals surface area (Å²) in [6, 6.07) is 9.68. The lowest BCUT2D eigenvalue weighted by Crippen LogP contribution is -2.38. The predicted octanol–water partition coefficient (Wildman–Crippen LogP) is 1.41. The Balaban J connectivity index is 1.46. The number of aromatic nitrogens is 3. The Morgan fingerprint density at radius 3 is 2.88 bits per heavy atom. The van der Waals surface area contributed by atoms with E-state index in [4.69, 9.17) is 0 Å². The molecule has 7 nitrogen and oxygen atoms in total. The van der Waals surface area contributed by atoms with Crippen LogP contribution in [0, 0.1) is 5.92 Å². The molecule has 1 atom stereocenters. The van der Waals surface area contributed by atoms with Gasteiger partial charge >= 0.3 is 6.03 Å². The Morgan fingerprint density at radius 1 is 1.29 bits per heavy atom. The first-order chi connectivity index (χ1) is 11.8. The highest BCUT2D eigenvalue weighted by molar-refractivity contribution is 5.73. The maximum absolute atomic E-state index is 12.0. The van der Waals surface area contributed by atoms with Gasteiger partial charge in [-0.15, -0.1) is 10.2 Å². The van der Waals surface area contributed by atoms with Crippen molar-refractivity contribution in [1.82, 2.24) is 30.3 Å². The van der Waals surface area contributed by atoms with E-state index in [0.717, 1.165) is 31.7 Å². The van der Waals surface area contributed by atoms with Gasteiger partial charge in [0.25, 0.3) is 0 Å². The number of nitrogens with zero attached hydrogens (tertiary/aromatic N) is 4. The van der Waals surface area contributed by atoms with Crippen molar-refractivity contribution >= 4 is 6.03 Å². The number of para-hydroxylation sites is 1. The van der Waals surface area contributed by atoms with Gasteiger partial charge in [-0.3, -0.25) is 4.57 Å². The minimum Gasteiger partial charge on any atom is -0.338 e. The summed E-state index contributed by atoms with van der Waals surface area (Å²) < 4.78 is 1.87. The van der Waals surface area contributed by atoms with Gasteiger partial charge in [0.15, 0.2) is 5.82 Å². The number of rotatable bonds is 6. The van der Waals surface area contributed by atoms with E-state index in [1.807, 2.05) is 34.9 Å². The van der Waals surface area contributed by atoms with Crippen LogP contribution in [0.1, 0.15) is 19.2 Å². The van der Waals surface area contributed by atoms with Crippen LogP contribution in [-0.4, -0.2) is 51.9 Å². The molecule has 1 aromatic heterocycles. The molecule has 7 heteroatoms. The van der Waals surface area contributed by atoms with E-state index < -0.39 is 0 Å². The summed E-state index contributed by atoms with van der Waals surface area (Å²) in [5, 5.41) is 13.8. The SMILES string of the molecule is CCN1CCC(CNC(=O)NCc2nncn2-c2ccccc2)C1. The highest BCUT2D eigenvalue weighted by Gasteiger charge is 2.21. The third-order valence-electron chi connectivity index (χ3n) is 4.43. The lowest BCUT2D eigenvalue weighted by atomic mass is 10.1. The molecule has 0 spiro atoms. The zero-order chi connectivity index (χ0) is 16.8. The van der Waals surface area contributed by atoms with E-state index in [1.54, 1.807) is 6.33 Å². The second-order valence-electron chi connectivity index (χ2n) is 6.06. The average Bonchev–Trinajstić information content (AvgIpc) is 3.28. The standard InChI is InChI=1S/C17H24N6O/c1-2-22-9-8-14(12-22)10-18-17(24)19-11-16-21-20-13-23(16)15-6-4-3-5-7-15/h3-7,13-14H,2,8-12H2,1H3,(H2,18,19,24). The van der Waals surface area contributed by atoms with E-state index in [9.17, 15) is 4.79 Å². The first kappa shape index (κ1) is 16.4. The number of likely N-dealkylation sites (tertiary alicyclic amines) is 1. The van der Waals surface area contributed by atoms with Crippen molar-refractivity contribution in [1.29, 1.82) is 0 Å². The molecule has 2 amide bonds. The number of hydrogen-bond donors (Lipinski definition) is 2. The van der Waals surface area contributed by atoms with Gasteiger partial charge in [-0.1, -0.05) is 25.1 Å². The minimum atomic E-state index is -0.160. The summed E-state index contributed by atoms with van der Waals surface area (Å²) in [7, 11) is 0. The maximum atomic E-state index is 12.0. The van der Waals surface area contributed by atoms with Gasteiger partial charge in [0.05, 0.1) is 6.54 Å². The van der Waals surface area contributed by atoms with Gasteiger partial charge in [0, 0.05) is 18.8 Å². The molecule has 24 heavy (non-hydrogen) atoms. The topological polar surface area (TPSA) is 75.1 Å². The van der Waals surface area contributed by atoms with Crippen LogP contribution in [0.3, 0.4) is 0 Å². The predicted molar refractivity (Wildman–Crippen MR) is 91.8 cm³/mol. The highest BCUT2D eigenvalue weighted by Crippen LogP contribution is 2.14. The first-order valence-corrected chi connectivity index (χ1v) is 8.44. The number of carbonyl (C=O) groups is 1. The Kier molecular flexibility index (Phi) is 5.43. The van der Waals surface area contributed by atoms with Gasteiger partial charge in [0.2, 0.25) is 0 Å². The first-order valence-electron chi connectivity index (χ1n) is 8.44. The van der Waals surface area contributed by atoms with Crippen LogP contribution in [0.4, 0.5) is 4.79 Å². The Bertz CT molecular complexity index is 656. The molecule has 2 aromatic rings. The summed E-state index contributed by atoms with van der Waals surface area (Å²) in [5.74, 6) is 1.25. The lowest BCUT2D eigenvalue weighted by molar-refractivity contribution is 0.238. The van der Waals surface area contributed by atoms with Crippen molar-refractivity contribution in [3.8, 4) is 5.69 Å². The number of carbonyl (C=O) groups excluding carboxylic acids is 1. The molecule has 0 bridgehead atoms. The van der Waals surface area contributed by atoms with Crippen molar-refractivity contribution in [3.05, 3.63) is 42.5 Å².